The summed E-state index contributed by atoms with van der Waals surface area (Å²) in [4.78, 5) is 2.39. The third kappa shape index (κ3) is 3.42. The van der Waals surface area contributed by atoms with E-state index in [4.69, 9.17) is 0 Å². The average Bonchev–Trinajstić information content (AvgIpc) is 2.36. The van der Waals surface area contributed by atoms with Gasteiger partial charge in [-0.2, -0.15) is 0 Å². The van der Waals surface area contributed by atoms with E-state index in [-0.39, 0.29) is 0 Å². The minimum absolute atomic E-state index is 1.06. The summed E-state index contributed by atoms with van der Waals surface area (Å²) in [5, 5.41) is 3.19. The van der Waals surface area contributed by atoms with Gasteiger partial charge in [-0.15, -0.1) is 0 Å². The van der Waals surface area contributed by atoms with E-state index >= 15 is 0 Å². The molecule has 92 valence electrons. The largest absolute Gasteiger partial charge is 0.318 e. The second-order valence-electron chi connectivity index (χ2n) is 4.84. The Morgan fingerprint density at radius 2 is 2.06 bits per heavy atom. The Labute approximate surface area is 104 Å². The Balaban J connectivity index is 1.97. The molecule has 0 aliphatic heterocycles. The molecule has 1 N–H and O–H groups in total. The standard InChI is InChI=1S/C15H22N2/c1-16-9-10-17(2)12-13-7-8-14-5-3-4-6-15(14)11-13/h3-6,11,16H,7-10,12H2,1-2H3. The van der Waals surface area contributed by atoms with Crippen molar-refractivity contribution in [2.24, 2.45) is 0 Å². The number of aryl methyl sites for hydroxylation is 1. The first-order valence-corrected chi connectivity index (χ1v) is 6.40. The maximum Gasteiger partial charge on any atom is 0.0193 e. The van der Waals surface area contributed by atoms with Crippen LogP contribution < -0.4 is 5.32 Å². The lowest BCUT2D eigenvalue weighted by Gasteiger charge is -2.22. The maximum atomic E-state index is 3.19. The van der Waals surface area contributed by atoms with Crippen LogP contribution in [0.4, 0.5) is 0 Å². The fraction of sp³-hybridized carbons (Fsp3) is 0.467. The van der Waals surface area contributed by atoms with E-state index in [0.717, 1.165) is 19.6 Å². The van der Waals surface area contributed by atoms with Gasteiger partial charge in [-0.3, -0.25) is 0 Å². The predicted molar refractivity (Wildman–Crippen MR) is 74.2 cm³/mol. The molecular formula is C15H22N2. The summed E-state index contributed by atoms with van der Waals surface area (Å²) in [7, 11) is 4.20. The van der Waals surface area contributed by atoms with Gasteiger partial charge in [-0.1, -0.05) is 35.9 Å². The SMILES string of the molecule is CNCCN(C)CC1=Cc2ccccc2CC1. The Bertz CT molecular complexity index is 396. The zero-order valence-corrected chi connectivity index (χ0v) is 10.9. The Kier molecular flexibility index (Phi) is 4.35. The second-order valence-corrected chi connectivity index (χ2v) is 4.84. The lowest BCUT2D eigenvalue weighted by Crippen LogP contribution is -2.29. The molecule has 2 heteroatoms. The van der Waals surface area contributed by atoms with Gasteiger partial charge >= 0.3 is 0 Å². The summed E-state index contributed by atoms with van der Waals surface area (Å²) in [5.74, 6) is 0. The Morgan fingerprint density at radius 3 is 2.88 bits per heavy atom. The zero-order valence-electron chi connectivity index (χ0n) is 10.9. The highest BCUT2D eigenvalue weighted by Gasteiger charge is 2.10. The molecule has 2 nitrogen and oxygen atoms in total. The van der Waals surface area contributed by atoms with Crippen LogP contribution in [0.25, 0.3) is 6.08 Å². The summed E-state index contributed by atoms with van der Waals surface area (Å²) in [6.07, 6.45) is 4.78. The Hall–Kier alpha value is -1.12. The van der Waals surface area contributed by atoms with Gasteiger partial charge in [0.25, 0.3) is 0 Å². The van der Waals surface area contributed by atoms with Gasteiger partial charge < -0.3 is 10.2 Å². The van der Waals surface area contributed by atoms with E-state index < -0.39 is 0 Å². The molecule has 0 spiro atoms. The van der Waals surface area contributed by atoms with E-state index in [1.165, 1.54) is 24.0 Å². The summed E-state index contributed by atoms with van der Waals surface area (Å²) in [6, 6.07) is 8.73. The van der Waals surface area contributed by atoms with Crippen LogP contribution >= 0.6 is 0 Å². The summed E-state index contributed by atoms with van der Waals surface area (Å²) >= 11 is 0. The van der Waals surface area contributed by atoms with Gasteiger partial charge in [0.2, 0.25) is 0 Å². The molecule has 0 heterocycles. The monoisotopic (exact) mass is 230 g/mol. The molecule has 0 unspecified atom stereocenters. The quantitative estimate of drug-likeness (QED) is 0.834. The first-order valence-electron chi connectivity index (χ1n) is 6.40. The fourth-order valence-electron chi connectivity index (χ4n) is 2.34. The first kappa shape index (κ1) is 12.3. The van der Waals surface area contributed by atoms with Crippen LogP contribution in [-0.4, -0.2) is 38.6 Å². The molecule has 1 aliphatic carbocycles. The normalized spacial score (nSPS) is 14.6. The van der Waals surface area contributed by atoms with Crippen LogP contribution in [0.2, 0.25) is 0 Å². The minimum Gasteiger partial charge on any atom is -0.318 e. The van der Waals surface area contributed by atoms with E-state index in [9.17, 15) is 0 Å². The number of nitrogens with one attached hydrogen (secondary N) is 1. The van der Waals surface area contributed by atoms with Crippen LogP contribution in [0, 0.1) is 0 Å². The van der Waals surface area contributed by atoms with Crippen molar-refractivity contribution in [1.29, 1.82) is 0 Å². The number of hydrogen-bond donors (Lipinski definition) is 1. The van der Waals surface area contributed by atoms with Crippen molar-refractivity contribution >= 4 is 6.08 Å². The van der Waals surface area contributed by atoms with Crippen molar-refractivity contribution in [3.63, 3.8) is 0 Å². The number of nitrogens with zero attached hydrogens (tertiary/aromatic N) is 1. The van der Waals surface area contributed by atoms with Gasteiger partial charge in [-0.25, -0.2) is 0 Å². The molecule has 17 heavy (non-hydrogen) atoms. The van der Waals surface area contributed by atoms with Crippen molar-refractivity contribution < 1.29 is 0 Å². The highest BCUT2D eigenvalue weighted by Crippen LogP contribution is 2.23. The lowest BCUT2D eigenvalue weighted by molar-refractivity contribution is 0.359. The van der Waals surface area contributed by atoms with Crippen LogP contribution in [0.15, 0.2) is 29.8 Å². The maximum absolute atomic E-state index is 3.19. The Morgan fingerprint density at radius 1 is 1.24 bits per heavy atom. The molecule has 0 bridgehead atoms. The predicted octanol–water partition coefficient (Wildman–Crippen LogP) is 2.17. The van der Waals surface area contributed by atoms with Crippen molar-refractivity contribution in [3.8, 4) is 0 Å². The summed E-state index contributed by atoms with van der Waals surface area (Å²) in [6.45, 7) is 3.26. The molecule has 0 saturated heterocycles. The van der Waals surface area contributed by atoms with Gasteiger partial charge in [0, 0.05) is 19.6 Å². The van der Waals surface area contributed by atoms with Crippen molar-refractivity contribution in [1.82, 2.24) is 10.2 Å². The van der Waals surface area contributed by atoms with Crippen LogP contribution in [0.5, 0.6) is 0 Å². The fourth-order valence-corrected chi connectivity index (χ4v) is 2.34. The van der Waals surface area contributed by atoms with Gasteiger partial charge in [0.15, 0.2) is 0 Å². The number of likely N-dealkylation sites (N-methyl/N-ethyl adjacent to an activating group) is 2. The average molecular weight is 230 g/mol. The number of rotatable bonds is 5. The number of hydrogen-bond acceptors (Lipinski definition) is 2. The minimum atomic E-state index is 1.06. The summed E-state index contributed by atoms with van der Waals surface area (Å²) < 4.78 is 0. The first-order chi connectivity index (χ1) is 8.29. The third-order valence-corrected chi connectivity index (χ3v) is 3.35. The highest BCUT2D eigenvalue weighted by molar-refractivity contribution is 5.59. The molecule has 0 atom stereocenters. The molecule has 0 aromatic heterocycles. The number of fused-ring (bicyclic) bond motifs is 1. The van der Waals surface area contributed by atoms with Crippen molar-refractivity contribution in [2.75, 3.05) is 33.7 Å². The van der Waals surface area contributed by atoms with E-state index in [2.05, 4.69) is 47.6 Å². The molecule has 0 radical (unpaired) electrons. The van der Waals surface area contributed by atoms with Gasteiger partial charge in [0.1, 0.15) is 0 Å². The topological polar surface area (TPSA) is 15.3 Å². The second kappa shape index (κ2) is 5.99. The molecule has 1 aliphatic rings. The molecule has 1 aromatic carbocycles. The highest BCUT2D eigenvalue weighted by atomic mass is 15.1. The van der Waals surface area contributed by atoms with Crippen LogP contribution in [0.1, 0.15) is 17.5 Å². The van der Waals surface area contributed by atoms with Crippen molar-refractivity contribution in [3.05, 3.63) is 41.0 Å². The van der Waals surface area contributed by atoms with Crippen LogP contribution in [-0.2, 0) is 6.42 Å². The number of benzene rings is 1. The van der Waals surface area contributed by atoms with Gasteiger partial charge in [0.05, 0.1) is 0 Å². The molecular weight excluding hydrogens is 208 g/mol. The summed E-state index contributed by atoms with van der Waals surface area (Å²) in [5.41, 5.74) is 4.46. The van der Waals surface area contributed by atoms with Crippen LogP contribution in [0.3, 0.4) is 0 Å². The molecule has 0 saturated carbocycles. The zero-order chi connectivity index (χ0) is 12.1. The third-order valence-electron chi connectivity index (χ3n) is 3.35. The smallest absolute Gasteiger partial charge is 0.0193 e. The molecule has 2 rings (SSSR count). The van der Waals surface area contributed by atoms with E-state index in [0.29, 0.717) is 0 Å². The molecule has 1 aromatic rings. The van der Waals surface area contributed by atoms with Gasteiger partial charge in [-0.05, 0) is 38.1 Å². The van der Waals surface area contributed by atoms with E-state index in [1.807, 2.05) is 7.05 Å². The van der Waals surface area contributed by atoms with E-state index in [1.54, 1.807) is 5.57 Å². The molecule has 0 amide bonds. The molecule has 0 fully saturated rings. The van der Waals surface area contributed by atoms with Crippen molar-refractivity contribution in [2.45, 2.75) is 12.8 Å². The lowest BCUT2D eigenvalue weighted by atomic mass is 9.92.